The molecule has 0 aliphatic rings. The van der Waals surface area contributed by atoms with E-state index in [9.17, 15) is 4.79 Å². The molecular weight excluding hydrogens is 237 g/mol. The van der Waals surface area contributed by atoms with Crippen molar-refractivity contribution in [2.24, 2.45) is 0 Å². The maximum absolute atomic E-state index is 9.90. The molecular formula is C5H11BrO2Zn. The van der Waals surface area contributed by atoms with Gasteiger partial charge in [-0.25, -0.2) is 0 Å². The van der Waals surface area contributed by atoms with Crippen molar-refractivity contribution < 1.29 is 29.0 Å². The number of rotatable bonds is 1. The number of esters is 1. The first-order chi connectivity index (χ1) is 2.81. The molecule has 0 amide bonds. The summed E-state index contributed by atoms with van der Waals surface area (Å²) in [6.45, 7) is 3.28. The van der Waals surface area contributed by atoms with Crippen molar-refractivity contribution in [1.29, 1.82) is 0 Å². The summed E-state index contributed by atoms with van der Waals surface area (Å²) < 4.78 is 4.20. The summed E-state index contributed by atoms with van der Waals surface area (Å²) in [5, 5.41) is 0. The number of ether oxygens (including phenoxy) is 1. The smallest absolute Gasteiger partial charge is 0.471 e. The van der Waals surface area contributed by atoms with Gasteiger partial charge in [0.15, 0.2) is 0 Å². The SMILES string of the molecule is Br.[CH2-]CC(=O)OC.[CH3-].[Zn+2]. The number of hydrogen-bond acceptors (Lipinski definition) is 2. The molecule has 0 spiro atoms. The Morgan fingerprint density at radius 2 is 2.00 bits per heavy atom. The molecule has 0 bridgehead atoms. The fourth-order valence-corrected chi connectivity index (χ4v) is 0.102. The summed E-state index contributed by atoms with van der Waals surface area (Å²) >= 11 is 0. The van der Waals surface area contributed by atoms with Crippen molar-refractivity contribution in [2.75, 3.05) is 7.11 Å². The van der Waals surface area contributed by atoms with E-state index < -0.39 is 0 Å². The molecule has 0 saturated heterocycles. The largest absolute Gasteiger partial charge is 2.00 e. The zero-order valence-corrected chi connectivity index (χ0v) is 10.5. The standard InChI is InChI=1S/C4H7O2.CH3.BrH.Zn/c1-3-4(5)6-2;;;/h1,3H2,2H3;1H3;1H;/q2*-1;;+2. The molecule has 52 valence electrons. The zero-order valence-electron chi connectivity index (χ0n) is 5.85. The molecule has 0 radical (unpaired) electrons. The number of hydrogen-bond donors (Lipinski definition) is 0. The maximum Gasteiger partial charge on any atom is 2.00 e. The molecule has 9 heavy (non-hydrogen) atoms. The van der Waals surface area contributed by atoms with E-state index in [0.29, 0.717) is 0 Å². The zero-order chi connectivity index (χ0) is 4.99. The van der Waals surface area contributed by atoms with Gasteiger partial charge in [-0.2, -0.15) is 0 Å². The number of carbonyl (C=O) groups is 1. The third-order valence-electron chi connectivity index (χ3n) is 0.432. The van der Waals surface area contributed by atoms with E-state index in [1.165, 1.54) is 7.11 Å². The van der Waals surface area contributed by atoms with Gasteiger partial charge in [0.05, 0.1) is 7.11 Å². The van der Waals surface area contributed by atoms with Gasteiger partial charge in [-0.15, -0.1) is 17.0 Å². The van der Waals surface area contributed by atoms with E-state index in [1.54, 1.807) is 0 Å². The molecule has 2 nitrogen and oxygen atoms in total. The quantitative estimate of drug-likeness (QED) is 0.398. The van der Waals surface area contributed by atoms with Crippen LogP contribution in [0.2, 0.25) is 0 Å². The van der Waals surface area contributed by atoms with Gasteiger partial charge >= 0.3 is 19.5 Å². The summed E-state index contributed by atoms with van der Waals surface area (Å²) in [5.74, 6) is -0.269. The average molecular weight is 248 g/mol. The van der Waals surface area contributed by atoms with Crippen LogP contribution in [0.4, 0.5) is 0 Å². The molecule has 0 heterocycles. The first-order valence-corrected chi connectivity index (χ1v) is 1.67. The minimum atomic E-state index is -0.269. The van der Waals surface area contributed by atoms with Crippen LogP contribution >= 0.6 is 17.0 Å². The molecule has 0 aromatic carbocycles. The van der Waals surface area contributed by atoms with Gasteiger partial charge < -0.3 is 19.1 Å². The van der Waals surface area contributed by atoms with Crippen LogP contribution in [-0.2, 0) is 29.0 Å². The van der Waals surface area contributed by atoms with E-state index in [0.717, 1.165) is 0 Å². The van der Waals surface area contributed by atoms with Crippen LogP contribution in [0.3, 0.4) is 0 Å². The van der Waals surface area contributed by atoms with E-state index in [4.69, 9.17) is 0 Å². The minimum Gasteiger partial charge on any atom is -0.471 e. The first kappa shape index (κ1) is 22.7. The van der Waals surface area contributed by atoms with E-state index in [-0.39, 0.29) is 56.3 Å². The van der Waals surface area contributed by atoms with Crippen molar-refractivity contribution in [3.8, 4) is 0 Å². The molecule has 0 atom stereocenters. The van der Waals surface area contributed by atoms with Crippen LogP contribution in [-0.4, -0.2) is 13.1 Å². The van der Waals surface area contributed by atoms with Gasteiger partial charge in [0.25, 0.3) is 5.97 Å². The van der Waals surface area contributed by atoms with Gasteiger partial charge in [-0.05, 0) is 0 Å². The number of halogens is 1. The Balaban J connectivity index is -0.0000000417. The molecule has 0 aromatic heterocycles. The van der Waals surface area contributed by atoms with Crippen molar-refractivity contribution >= 4 is 23.0 Å². The summed E-state index contributed by atoms with van der Waals surface area (Å²) in [6, 6.07) is 0. The Labute approximate surface area is 79.9 Å². The van der Waals surface area contributed by atoms with Crippen LogP contribution in [0.15, 0.2) is 0 Å². The monoisotopic (exact) mass is 246 g/mol. The van der Waals surface area contributed by atoms with Crippen molar-refractivity contribution in [1.82, 2.24) is 0 Å². The number of methoxy groups -OCH3 is 1. The molecule has 0 aromatic rings. The normalized spacial score (nSPS) is 5.11. The van der Waals surface area contributed by atoms with Gasteiger partial charge in [-0.3, -0.25) is 4.79 Å². The van der Waals surface area contributed by atoms with Crippen LogP contribution < -0.4 is 0 Å². The second-order valence-corrected chi connectivity index (χ2v) is 0.826. The summed E-state index contributed by atoms with van der Waals surface area (Å²) in [4.78, 5) is 9.90. The predicted octanol–water partition coefficient (Wildman–Crippen LogP) is 1.41. The Morgan fingerprint density at radius 3 is 2.00 bits per heavy atom. The molecule has 0 aliphatic heterocycles. The second kappa shape index (κ2) is 15.8. The Kier molecular flexibility index (Phi) is 39.8. The minimum absolute atomic E-state index is 0. The second-order valence-electron chi connectivity index (χ2n) is 0.826. The van der Waals surface area contributed by atoms with Crippen molar-refractivity contribution in [3.05, 3.63) is 14.4 Å². The molecule has 0 aliphatic carbocycles. The maximum atomic E-state index is 9.90. The average Bonchev–Trinajstić information content (AvgIpc) is 1.65. The molecule has 4 heteroatoms. The Bertz CT molecular complexity index is 52.9. The van der Waals surface area contributed by atoms with E-state index in [1.807, 2.05) is 0 Å². The van der Waals surface area contributed by atoms with Crippen LogP contribution in [0.5, 0.6) is 0 Å². The van der Waals surface area contributed by atoms with Crippen LogP contribution in [0.25, 0.3) is 0 Å². The molecule has 0 fully saturated rings. The summed E-state index contributed by atoms with van der Waals surface area (Å²) in [5.41, 5.74) is 0. The fourth-order valence-electron chi connectivity index (χ4n) is 0.102. The molecule has 0 saturated carbocycles. The fraction of sp³-hybridized carbons (Fsp3) is 0.400. The van der Waals surface area contributed by atoms with Gasteiger partial charge in [-0.1, -0.05) is 6.42 Å². The van der Waals surface area contributed by atoms with E-state index >= 15 is 0 Å². The first-order valence-electron chi connectivity index (χ1n) is 1.67. The molecule has 0 unspecified atom stereocenters. The molecule has 0 N–H and O–H groups in total. The topological polar surface area (TPSA) is 26.3 Å². The third kappa shape index (κ3) is 17.7. The summed E-state index contributed by atoms with van der Waals surface area (Å²) in [7, 11) is 1.34. The van der Waals surface area contributed by atoms with Crippen LogP contribution in [0, 0.1) is 14.4 Å². The Hall–Kier alpha value is 0.573. The van der Waals surface area contributed by atoms with Gasteiger partial charge in [0.2, 0.25) is 0 Å². The predicted molar refractivity (Wildman–Crippen MR) is 38.7 cm³/mol. The van der Waals surface area contributed by atoms with Crippen LogP contribution in [0.1, 0.15) is 6.42 Å². The molecule has 0 rings (SSSR count). The van der Waals surface area contributed by atoms with Crippen molar-refractivity contribution in [2.45, 2.75) is 6.42 Å². The Morgan fingerprint density at radius 1 is 1.67 bits per heavy atom. The third-order valence-corrected chi connectivity index (χ3v) is 0.432. The van der Waals surface area contributed by atoms with Gasteiger partial charge in [0.1, 0.15) is 0 Å². The van der Waals surface area contributed by atoms with Gasteiger partial charge in [0, 0.05) is 0 Å². The van der Waals surface area contributed by atoms with Crippen molar-refractivity contribution in [3.63, 3.8) is 0 Å². The van der Waals surface area contributed by atoms with E-state index in [2.05, 4.69) is 11.7 Å². The number of carbonyl (C=O) groups excluding carboxylic acids is 1. The summed E-state index contributed by atoms with van der Waals surface area (Å²) in [6.07, 6.45) is 0.219.